The van der Waals surface area contributed by atoms with Crippen molar-refractivity contribution in [3.05, 3.63) is 63.7 Å². The van der Waals surface area contributed by atoms with Crippen LogP contribution in [-0.4, -0.2) is 31.0 Å². The van der Waals surface area contributed by atoms with Gasteiger partial charge in [-0.25, -0.2) is 0 Å². The van der Waals surface area contributed by atoms with Crippen LogP contribution in [0.4, 0.5) is 11.4 Å². The van der Waals surface area contributed by atoms with E-state index in [0.29, 0.717) is 11.4 Å². The summed E-state index contributed by atoms with van der Waals surface area (Å²) in [4.78, 5) is 23.8. The summed E-state index contributed by atoms with van der Waals surface area (Å²) in [5, 5.41) is 25.6. The van der Waals surface area contributed by atoms with Gasteiger partial charge in [0.05, 0.1) is 4.92 Å². The largest absolute Gasteiger partial charge is 0.324 e. The molecule has 3 rings (SSSR count). The monoisotopic (exact) mass is 366 g/mol. The molecule has 27 heavy (non-hydrogen) atoms. The highest BCUT2D eigenvalue weighted by Gasteiger charge is 2.13. The molecule has 9 heteroatoms. The first-order valence-corrected chi connectivity index (χ1v) is 8.39. The molecule has 1 aromatic heterocycles. The quantitative estimate of drug-likeness (QED) is 0.530. The third-order valence-electron chi connectivity index (χ3n) is 4.08. The Morgan fingerprint density at radius 2 is 1.96 bits per heavy atom. The minimum Gasteiger partial charge on any atom is -0.324 e. The number of nitro benzene ring substituents is 1. The Kier molecular flexibility index (Phi) is 5.20. The average molecular weight is 366 g/mol. The van der Waals surface area contributed by atoms with Crippen LogP contribution in [0.15, 0.2) is 42.5 Å². The summed E-state index contributed by atoms with van der Waals surface area (Å²) in [7, 11) is 0. The van der Waals surface area contributed by atoms with Crippen LogP contribution in [0.3, 0.4) is 0 Å². The van der Waals surface area contributed by atoms with Crippen LogP contribution in [0.5, 0.6) is 0 Å². The third kappa shape index (κ3) is 4.14. The first-order valence-electron chi connectivity index (χ1n) is 8.39. The molecule has 0 aliphatic carbocycles. The van der Waals surface area contributed by atoms with Gasteiger partial charge in [-0.05, 0) is 41.8 Å². The van der Waals surface area contributed by atoms with Crippen molar-refractivity contribution in [2.45, 2.75) is 26.8 Å². The van der Waals surface area contributed by atoms with Crippen molar-refractivity contribution in [3.63, 3.8) is 0 Å². The smallest absolute Gasteiger partial charge is 0.269 e. The molecular weight excluding hydrogens is 348 g/mol. The van der Waals surface area contributed by atoms with Crippen LogP contribution in [-0.2, 0) is 17.8 Å². The second-order valence-electron chi connectivity index (χ2n) is 5.96. The highest BCUT2D eigenvalue weighted by Crippen LogP contribution is 2.21. The number of rotatable bonds is 6. The number of carbonyl (C=O) groups is 1. The summed E-state index contributed by atoms with van der Waals surface area (Å²) in [6, 6.07) is 11.7. The minimum absolute atomic E-state index is 0.0181. The van der Waals surface area contributed by atoms with Crippen LogP contribution in [0.25, 0.3) is 11.4 Å². The van der Waals surface area contributed by atoms with E-state index in [4.69, 9.17) is 0 Å². The number of tetrazole rings is 1. The lowest BCUT2D eigenvalue weighted by Crippen LogP contribution is -2.21. The number of aryl methyl sites for hydroxylation is 2. The van der Waals surface area contributed by atoms with Crippen molar-refractivity contribution >= 4 is 17.3 Å². The molecule has 0 bridgehead atoms. The summed E-state index contributed by atoms with van der Waals surface area (Å²) in [5.74, 6) is 0.0366. The topological polar surface area (TPSA) is 116 Å². The number of aromatic nitrogens is 4. The Bertz CT molecular complexity index is 981. The number of hydrogen-bond acceptors (Lipinski definition) is 6. The van der Waals surface area contributed by atoms with Crippen molar-refractivity contribution < 1.29 is 9.72 Å². The van der Waals surface area contributed by atoms with Gasteiger partial charge in [0.2, 0.25) is 11.7 Å². The molecule has 0 saturated carbocycles. The van der Waals surface area contributed by atoms with Crippen molar-refractivity contribution in [2.24, 2.45) is 0 Å². The molecule has 0 atom stereocenters. The van der Waals surface area contributed by atoms with Crippen molar-refractivity contribution in [1.29, 1.82) is 0 Å². The molecule has 0 spiro atoms. The second kappa shape index (κ2) is 7.73. The number of hydrogen-bond donors (Lipinski definition) is 1. The van der Waals surface area contributed by atoms with Crippen LogP contribution in [0.1, 0.15) is 18.1 Å². The van der Waals surface area contributed by atoms with E-state index in [-0.39, 0.29) is 18.1 Å². The van der Waals surface area contributed by atoms with E-state index in [2.05, 4.69) is 20.7 Å². The maximum absolute atomic E-state index is 12.4. The fraction of sp³-hybridized carbons (Fsp3) is 0.222. The van der Waals surface area contributed by atoms with E-state index in [9.17, 15) is 14.9 Å². The molecule has 138 valence electrons. The first kappa shape index (κ1) is 18.2. The third-order valence-corrected chi connectivity index (χ3v) is 4.08. The molecule has 0 radical (unpaired) electrons. The van der Waals surface area contributed by atoms with Gasteiger partial charge in [0.25, 0.3) is 5.69 Å². The number of carbonyl (C=O) groups excluding carboxylic acids is 1. The van der Waals surface area contributed by atoms with Crippen molar-refractivity contribution in [2.75, 3.05) is 5.32 Å². The number of anilines is 1. The lowest BCUT2D eigenvalue weighted by atomic mass is 10.1. The number of nitro groups is 1. The summed E-state index contributed by atoms with van der Waals surface area (Å²) >= 11 is 0. The number of benzene rings is 2. The zero-order chi connectivity index (χ0) is 19.4. The van der Waals surface area contributed by atoms with E-state index in [1.54, 1.807) is 12.1 Å². The molecule has 9 nitrogen and oxygen atoms in total. The number of nitrogens with zero attached hydrogens (tertiary/aromatic N) is 5. The predicted molar refractivity (Wildman–Crippen MR) is 99.1 cm³/mol. The lowest BCUT2D eigenvalue weighted by molar-refractivity contribution is -0.384. The van der Waals surface area contributed by atoms with E-state index in [1.807, 2.05) is 32.0 Å². The maximum atomic E-state index is 12.4. The van der Waals surface area contributed by atoms with Gasteiger partial charge in [-0.3, -0.25) is 14.9 Å². The van der Waals surface area contributed by atoms with E-state index >= 15 is 0 Å². The standard InChI is InChI=1S/C18H18N6O3/c1-3-13-6-4-5-12(2)17(13)19-16(25)11-23-21-18(20-22-23)14-7-9-15(10-8-14)24(26)27/h4-10H,3,11H2,1-2H3,(H,19,25). The number of non-ortho nitro benzene ring substituents is 1. The molecule has 0 fully saturated rings. The number of nitrogens with one attached hydrogen (secondary N) is 1. The Labute approximate surface area is 155 Å². The minimum atomic E-state index is -0.478. The Balaban J connectivity index is 1.70. The Morgan fingerprint density at radius 3 is 2.63 bits per heavy atom. The SMILES string of the molecule is CCc1cccc(C)c1NC(=O)Cn1nnc(-c2ccc([N+](=O)[O-])cc2)n1. The fourth-order valence-corrected chi connectivity index (χ4v) is 2.67. The average Bonchev–Trinajstić information content (AvgIpc) is 3.11. The highest BCUT2D eigenvalue weighted by atomic mass is 16.6. The molecule has 0 aliphatic rings. The van der Waals surface area contributed by atoms with Crippen molar-refractivity contribution in [1.82, 2.24) is 20.2 Å². The molecule has 0 aliphatic heterocycles. The summed E-state index contributed by atoms with van der Waals surface area (Å²) < 4.78 is 0. The van der Waals surface area contributed by atoms with Crippen LogP contribution in [0, 0.1) is 17.0 Å². The highest BCUT2D eigenvalue weighted by molar-refractivity contribution is 5.92. The van der Waals surface area contributed by atoms with Crippen LogP contribution in [0.2, 0.25) is 0 Å². The fourth-order valence-electron chi connectivity index (χ4n) is 2.67. The summed E-state index contributed by atoms with van der Waals surface area (Å²) in [6.07, 6.45) is 0.809. The number of amides is 1. The summed E-state index contributed by atoms with van der Waals surface area (Å²) in [5.41, 5.74) is 3.41. The zero-order valence-electron chi connectivity index (χ0n) is 14.9. The van der Waals surface area contributed by atoms with Crippen LogP contribution < -0.4 is 5.32 Å². The van der Waals surface area contributed by atoms with E-state index in [1.165, 1.54) is 16.9 Å². The van der Waals surface area contributed by atoms with Gasteiger partial charge >= 0.3 is 0 Å². The molecule has 1 N–H and O–H groups in total. The van der Waals surface area contributed by atoms with Gasteiger partial charge in [-0.15, -0.1) is 10.2 Å². The molecule has 1 amide bonds. The van der Waals surface area contributed by atoms with Gasteiger partial charge in [0.15, 0.2) is 0 Å². The normalized spacial score (nSPS) is 10.6. The molecule has 2 aromatic carbocycles. The molecule has 1 heterocycles. The van der Waals surface area contributed by atoms with Gasteiger partial charge in [-0.2, -0.15) is 4.80 Å². The first-order chi connectivity index (χ1) is 13.0. The van der Waals surface area contributed by atoms with E-state index in [0.717, 1.165) is 23.2 Å². The molecular formula is C18H18N6O3. The second-order valence-corrected chi connectivity index (χ2v) is 5.96. The van der Waals surface area contributed by atoms with Crippen LogP contribution >= 0.6 is 0 Å². The molecule has 3 aromatic rings. The zero-order valence-corrected chi connectivity index (χ0v) is 14.9. The van der Waals surface area contributed by atoms with E-state index < -0.39 is 4.92 Å². The summed E-state index contributed by atoms with van der Waals surface area (Å²) in [6.45, 7) is 3.88. The van der Waals surface area contributed by atoms with Crippen molar-refractivity contribution in [3.8, 4) is 11.4 Å². The molecule has 0 unspecified atom stereocenters. The predicted octanol–water partition coefficient (Wildman–Crippen LogP) is 2.76. The Morgan fingerprint density at radius 1 is 1.22 bits per heavy atom. The molecule has 0 saturated heterocycles. The van der Waals surface area contributed by atoms with Gasteiger partial charge in [0, 0.05) is 23.4 Å². The van der Waals surface area contributed by atoms with Gasteiger partial charge < -0.3 is 5.32 Å². The maximum Gasteiger partial charge on any atom is 0.269 e. The Hall–Kier alpha value is -3.62. The van der Waals surface area contributed by atoms with Gasteiger partial charge in [0.1, 0.15) is 6.54 Å². The van der Waals surface area contributed by atoms with Gasteiger partial charge in [-0.1, -0.05) is 25.1 Å². The lowest BCUT2D eigenvalue weighted by Gasteiger charge is -2.12. The number of para-hydroxylation sites is 1.